The number of piperazine rings is 1. The van der Waals surface area contributed by atoms with E-state index >= 15 is 0 Å². The van der Waals surface area contributed by atoms with Crippen LogP contribution in [0, 0.1) is 0 Å². The maximum absolute atomic E-state index is 13.2. The van der Waals surface area contributed by atoms with Crippen molar-refractivity contribution in [3.63, 3.8) is 0 Å². The van der Waals surface area contributed by atoms with E-state index in [2.05, 4.69) is 30.8 Å². The van der Waals surface area contributed by atoms with Gasteiger partial charge >= 0.3 is 0 Å². The first-order valence-electron chi connectivity index (χ1n) is 12.3. The average Bonchev–Trinajstić information content (AvgIpc) is 3.38. The van der Waals surface area contributed by atoms with Gasteiger partial charge in [-0.1, -0.05) is 12.8 Å². The molecule has 180 valence electrons. The van der Waals surface area contributed by atoms with Crippen LogP contribution in [-0.4, -0.2) is 65.5 Å². The van der Waals surface area contributed by atoms with Gasteiger partial charge in [0, 0.05) is 50.5 Å². The fraction of sp³-hybridized carbons (Fsp3) is 0.542. The lowest BCUT2D eigenvalue weighted by atomic mass is 10.1. The van der Waals surface area contributed by atoms with E-state index in [0.717, 1.165) is 75.4 Å². The number of pyridine rings is 1. The predicted octanol–water partition coefficient (Wildman–Crippen LogP) is 1.75. The van der Waals surface area contributed by atoms with E-state index in [-0.39, 0.29) is 24.3 Å². The summed E-state index contributed by atoms with van der Waals surface area (Å²) in [7, 11) is 0. The highest BCUT2D eigenvalue weighted by Crippen LogP contribution is 2.31. The van der Waals surface area contributed by atoms with Crippen molar-refractivity contribution in [1.29, 1.82) is 0 Å². The largest absolute Gasteiger partial charge is 0.356 e. The van der Waals surface area contributed by atoms with Crippen LogP contribution in [0.15, 0.2) is 24.5 Å². The number of carbonyl (C=O) groups excluding carboxylic acids is 2. The summed E-state index contributed by atoms with van der Waals surface area (Å²) >= 11 is 0. The molecule has 0 unspecified atom stereocenters. The van der Waals surface area contributed by atoms with Gasteiger partial charge < -0.3 is 20.9 Å². The summed E-state index contributed by atoms with van der Waals surface area (Å²) in [6, 6.07) is 4.05. The van der Waals surface area contributed by atoms with E-state index in [1.807, 2.05) is 18.3 Å². The van der Waals surface area contributed by atoms with E-state index in [1.54, 1.807) is 11.1 Å². The molecule has 5 rings (SSSR count). The minimum Gasteiger partial charge on any atom is -0.356 e. The maximum Gasteiger partial charge on any atom is 0.237 e. The molecular formula is C24H32N8O2. The van der Waals surface area contributed by atoms with E-state index in [0.29, 0.717) is 24.7 Å². The highest BCUT2D eigenvalue weighted by Gasteiger charge is 2.32. The van der Waals surface area contributed by atoms with Crippen molar-refractivity contribution >= 4 is 35.1 Å². The molecule has 0 bridgehead atoms. The van der Waals surface area contributed by atoms with Crippen LogP contribution in [-0.2, 0) is 16.0 Å². The quantitative estimate of drug-likeness (QED) is 0.587. The van der Waals surface area contributed by atoms with Crippen molar-refractivity contribution in [3.05, 3.63) is 30.1 Å². The third-order valence-corrected chi connectivity index (χ3v) is 6.73. The fourth-order valence-corrected chi connectivity index (χ4v) is 4.96. The minimum absolute atomic E-state index is 0.0706. The summed E-state index contributed by atoms with van der Waals surface area (Å²) in [5.41, 5.74) is 1.73. The number of aromatic nitrogens is 3. The molecule has 0 radical (unpaired) electrons. The summed E-state index contributed by atoms with van der Waals surface area (Å²) < 4.78 is 0. The Hall–Kier alpha value is -3.27. The molecule has 3 N–H and O–H groups in total. The molecule has 1 aliphatic carbocycles. The number of fused-ring (bicyclic) bond motifs is 1. The van der Waals surface area contributed by atoms with Gasteiger partial charge in [-0.25, -0.2) is 9.97 Å². The van der Waals surface area contributed by atoms with Crippen molar-refractivity contribution < 1.29 is 9.59 Å². The first-order chi connectivity index (χ1) is 16.7. The molecule has 2 amide bonds. The molecule has 2 fully saturated rings. The summed E-state index contributed by atoms with van der Waals surface area (Å²) in [5, 5.41) is 9.44. The Kier molecular flexibility index (Phi) is 6.84. The number of aryl methyl sites for hydroxylation is 1. The average molecular weight is 465 g/mol. The normalized spacial score (nSPS) is 20.1. The highest BCUT2D eigenvalue weighted by molar-refractivity contribution is 6.05. The van der Waals surface area contributed by atoms with Crippen molar-refractivity contribution in [2.45, 2.75) is 51.0 Å². The van der Waals surface area contributed by atoms with Crippen LogP contribution in [0.1, 0.15) is 44.1 Å². The van der Waals surface area contributed by atoms with Gasteiger partial charge in [-0.15, -0.1) is 0 Å². The molecule has 2 aliphatic heterocycles. The molecular weight excluding hydrogens is 432 g/mol. The lowest BCUT2D eigenvalue weighted by molar-refractivity contribution is -0.128. The molecule has 1 saturated carbocycles. The van der Waals surface area contributed by atoms with Crippen LogP contribution in [0.5, 0.6) is 0 Å². The van der Waals surface area contributed by atoms with Crippen molar-refractivity contribution in [2.75, 3.05) is 47.8 Å². The molecule has 10 heteroatoms. The number of anilines is 4. The minimum atomic E-state index is -0.223. The second-order valence-corrected chi connectivity index (χ2v) is 9.14. The van der Waals surface area contributed by atoms with Gasteiger partial charge in [-0.3, -0.25) is 14.5 Å². The zero-order valence-corrected chi connectivity index (χ0v) is 19.4. The van der Waals surface area contributed by atoms with Crippen molar-refractivity contribution in [1.82, 2.24) is 25.6 Å². The number of hydrogen-bond acceptors (Lipinski definition) is 8. The molecule has 4 heterocycles. The Morgan fingerprint density at radius 1 is 0.971 bits per heavy atom. The zero-order valence-electron chi connectivity index (χ0n) is 19.4. The van der Waals surface area contributed by atoms with Crippen LogP contribution < -0.4 is 25.8 Å². The second kappa shape index (κ2) is 10.3. The van der Waals surface area contributed by atoms with E-state index in [1.165, 1.54) is 0 Å². The number of amides is 2. The lowest BCUT2D eigenvalue weighted by Crippen LogP contribution is -2.43. The van der Waals surface area contributed by atoms with Crippen LogP contribution >= 0.6 is 0 Å². The van der Waals surface area contributed by atoms with E-state index in [4.69, 9.17) is 4.98 Å². The predicted molar refractivity (Wildman–Crippen MR) is 130 cm³/mol. The molecule has 0 aromatic carbocycles. The molecule has 10 nitrogen and oxygen atoms in total. The van der Waals surface area contributed by atoms with E-state index in [9.17, 15) is 9.59 Å². The Bertz CT molecular complexity index is 1020. The zero-order chi connectivity index (χ0) is 23.3. The molecule has 3 aliphatic rings. The molecule has 2 aromatic heterocycles. The number of hydrogen-bond donors (Lipinski definition) is 3. The van der Waals surface area contributed by atoms with Gasteiger partial charge in [0.05, 0.1) is 11.9 Å². The molecule has 0 spiro atoms. The van der Waals surface area contributed by atoms with Gasteiger partial charge in [0.2, 0.25) is 17.8 Å². The monoisotopic (exact) mass is 464 g/mol. The Labute approximate surface area is 199 Å². The highest BCUT2D eigenvalue weighted by atomic mass is 16.2. The van der Waals surface area contributed by atoms with Crippen LogP contribution in [0.4, 0.5) is 23.3 Å². The SMILES string of the molecule is O=C1CC(=O)N(C2CCCC2)c2nc(Nc3ccc(N4CCNCC4)nc3)ncc2CCCN1. The third kappa shape index (κ3) is 5.11. The standard InChI is InChI=1S/C24H32N8O2/c33-21-14-22(34)32(19-5-1-2-6-19)23-17(4-3-9-26-21)15-28-24(30-23)29-18-7-8-20(27-16-18)31-12-10-25-11-13-31/h7-8,15-16,19,25H,1-6,9-14H2,(H,26,33)(H,28,29,30). The number of rotatable bonds is 4. The lowest BCUT2D eigenvalue weighted by Gasteiger charge is -2.30. The van der Waals surface area contributed by atoms with Crippen molar-refractivity contribution in [2.24, 2.45) is 0 Å². The first kappa shape index (κ1) is 22.5. The Morgan fingerprint density at radius 3 is 2.56 bits per heavy atom. The smallest absolute Gasteiger partial charge is 0.237 e. The summed E-state index contributed by atoms with van der Waals surface area (Å²) in [4.78, 5) is 43.4. The Balaban J connectivity index is 1.40. The molecule has 1 saturated heterocycles. The summed E-state index contributed by atoms with van der Waals surface area (Å²) in [6.07, 6.45) is 8.94. The van der Waals surface area contributed by atoms with Crippen molar-refractivity contribution in [3.8, 4) is 0 Å². The van der Waals surface area contributed by atoms with Crippen LogP contribution in [0.2, 0.25) is 0 Å². The number of carbonyl (C=O) groups is 2. The maximum atomic E-state index is 13.2. The van der Waals surface area contributed by atoms with Gasteiger partial charge in [-0.2, -0.15) is 4.98 Å². The van der Waals surface area contributed by atoms with Crippen LogP contribution in [0.3, 0.4) is 0 Å². The van der Waals surface area contributed by atoms with Gasteiger partial charge in [0.15, 0.2) is 0 Å². The third-order valence-electron chi connectivity index (χ3n) is 6.73. The topological polar surface area (TPSA) is 115 Å². The van der Waals surface area contributed by atoms with Gasteiger partial charge in [-0.05, 0) is 37.8 Å². The van der Waals surface area contributed by atoms with Crippen LogP contribution in [0.25, 0.3) is 0 Å². The summed E-state index contributed by atoms with van der Waals surface area (Å²) in [6.45, 7) is 4.35. The van der Waals surface area contributed by atoms with E-state index < -0.39 is 0 Å². The molecule has 34 heavy (non-hydrogen) atoms. The fourth-order valence-electron chi connectivity index (χ4n) is 4.96. The molecule has 2 aromatic rings. The van der Waals surface area contributed by atoms with Gasteiger partial charge in [0.25, 0.3) is 0 Å². The first-order valence-corrected chi connectivity index (χ1v) is 12.3. The second-order valence-electron chi connectivity index (χ2n) is 9.14. The number of nitrogens with one attached hydrogen (secondary N) is 3. The van der Waals surface area contributed by atoms with Gasteiger partial charge in [0.1, 0.15) is 18.1 Å². The molecule has 0 atom stereocenters. The summed E-state index contributed by atoms with van der Waals surface area (Å²) in [5.74, 6) is 1.59. The number of nitrogens with zero attached hydrogens (tertiary/aromatic N) is 5. The Morgan fingerprint density at radius 2 is 1.79 bits per heavy atom.